The summed E-state index contributed by atoms with van der Waals surface area (Å²) in [5.74, 6) is 0.571. The molecule has 0 amide bonds. The van der Waals surface area contributed by atoms with E-state index in [9.17, 15) is 13.2 Å². The first-order valence-corrected chi connectivity index (χ1v) is 6.17. The van der Waals surface area contributed by atoms with Crippen LogP contribution < -0.4 is 14.8 Å². The number of aliphatic hydroxyl groups is 1. The lowest BCUT2D eigenvalue weighted by Gasteiger charge is -2.19. The Balaban J connectivity index is 2.89. The fourth-order valence-electron chi connectivity index (χ4n) is 1.58. The summed E-state index contributed by atoms with van der Waals surface area (Å²) in [5, 5.41) is 11.9. The number of rotatable bonds is 7. The Morgan fingerprint density at radius 2 is 2.00 bits per heavy atom. The van der Waals surface area contributed by atoms with E-state index in [-0.39, 0.29) is 5.75 Å². The van der Waals surface area contributed by atoms with Gasteiger partial charge in [-0.1, -0.05) is 12.1 Å². The minimum Gasteiger partial charge on any atom is -0.490 e. The van der Waals surface area contributed by atoms with Crippen LogP contribution in [0, 0.1) is 0 Å². The quantitative estimate of drug-likeness (QED) is 0.808. The van der Waals surface area contributed by atoms with Crippen LogP contribution in [0.5, 0.6) is 11.5 Å². The summed E-state index contributed by atoms with van der Waals surface area (Å²) >= 11 is 0. The Morgan fingerprint density at radius 3 is 2.55 bits per heavy atom. The molecule has 1 aromatic carbocycles. The van der Waals surface area contributed by atoms with Crippen molar-refractivity contribution in [3.63, 3.8) is 0 Å². The number of aliphatic hydroxyl groups excluding tert-OH is 1. The number of ether oxygens (including phenoxy) is 2. The first kappa shape index (κ1) is 16.6. The van der Waals surface area contributed by atoms with Crippen molar-refractivity contribution in [1.29, 1.82) is 0 Å². The third-order valence-corrected chi connectivity index (χ3v) is 2.49. The highest BCUT2D eigenvalue weighted by Gasteiger charge is 2.39. The van der Waals surface area contributed by atoms with Gasteiger partial charge < -0.3 is 19.9 Å². The predicted octanol–water partition coefficient (Wildman–Crippen LogP) is 2.11. The van der Waals surface area contributed by atoms with Crippen molar-refractivity contribution in [3.8, 4) is 11.5 Å². The van der Waals surface area contributed by atoms with Crippen LogP contribution in [0.1, 0.15) is 12.5 Å². The average Bonchev–Trinajstić information content (AvgIpc) is 2.37. The molecule has 0 bridgehead atoms. The zero-order valence-electron chi connectivity index (χ0n) is 11.3. The minimum absolute atomic E-state index is 0.215. The van der Waals surface area contributed by atoms with E-state index in [1.807, 2.05) is 0 Å². The van der Waals surface area contributed by atoms with Gasteiger partial charge in [0.25, 0.3) is 0 Å². The molecule has 1 unspecified atom stereocenters. The Kier molecular flexibility index (Phi) is 6.09. The topological polar surface area (TPSA) is 50.7 Å². The van der Waals surface area contributed by atoms with Crippen LogP contribution in [0.3, 0.4) is 0 Å². The van der Waals surface area contributed by atoms with Crippen molar-refractivity contribution in [1.82, 2.24) is 5.32 Å². The molecule has 0 aromatic heterocycles. The molecule has 1 atom stereocenters. The molecule has 0 aliphatic rings. The van der Waals surface area contributed by atoms with E-state index in [1.54, 1.807) is 32.2 Å². The van der Waals surface area contributed by atoms with Crippen molar-refractivity contribution in [2.45, 2.75) is 25.7 Å². The highest BCUT2D eigenvalue weighted by atomic mass is 19.4. The van der Waals surface area contributed by atoms with E-state index in [1.165, 1.54) is 0 Å². The molecule has 0 fully saturated rings. The van der Waals surface area contributed by atoms with Crippen LogP contribution in [-0.2, 0) is 6.54 Å². The molecule has 1 aromatic rings. The van der Waals surface area contributed by atoms with E-state index in [2.05, 4.69) is 5.32 Å². The van der Waals surface area contributed by atoms with Gasteiger partial charge in [0.2, 0.25) is 0 Å². The Morgan fingerprint density at radius 1 is 1.30 bits per heavy atom. The molecule has 4 nitrogen and oxygen atoms in total. The third kappa shape index (κ3) is 4.57. The predicted molar refractivity (Wildman–Crippen MR) is 67.9 cm³/mol. The number of benzene rings is 1. The van der Waals surface area contributed by atoms with Gasteiger partial charge in [-0.05, 0) is 20.0 Å². The zero-order chi connectivity index (χ0) is 15.2. The van der Waals surface area contributed by atoms with Gasteiger partial charge in [-0.3, -0.25) is 0 Å². The molecule has 0 saturated carbocycles. The number of nitrogens with one attached hydrogen (secondary N) is 1. The molecular formula is C13H18F3NO3. The van der Waals surface area contributed by atoms with Crippen LogP contribution in [-0.4, -0.2) is 37.6 Å². The SMILES string of the molecule is CCOc1cccc(CNC)c1OCC(O)C(F)(F)F. The summed E-state index contributed by atoms with van der Waals surface area (Å²) in [5.41, 5.74) is 0.660. The van der Waals surface area contributed by atoms with Gasteiger partial charge in [-0.25, -0.2) is 0 Å². The Hall–Kier alpha value is -1.47. The number of alkyl halides is 3. The number of halogens is 3. The average molecular weight is 293 g/mol. The highest BCUT2D eigenvalue weighted by molar-refractivity contribution is 5.46. The Labute approximate surface area is 115 Å². The molecular weight excluding hydrogens is 275 g/mol. The second kappa shape index (κ2) is 7.35. The zero-order valence-corrected chi connectivity index (χ0v) is 11.3. The summed E-state index contributed by atoms with van der Waals surface area (Å²) < 4.78 is 47.3. The number of hydrogen-bond acceptors (Lipinski definition) is 4. The molecule has 2 N–H and O–H groups in total. The molecule has 0 radical (unpaired) electrons. The van der Waals surface area contributed by atoms with Gasteiger partial charge >= 0.3 is 6.18 Å². The van der Waals surface area contributed by atoms with Gasteiger partial charge in [0.05, 0.1) is 6.61 Å². The lowest BCUT2D eigenvalue weighted by molar-refractivity contribution is -0.210. The molecule has 114 valence electrons. The fourth-order valence-corrected chi connectivity index (χ4v) is 1.58. The van der Waals surface area contributed by atoms with Gasteiger partial charge in [0, 0.05) is 12.1 Å². The van der Waals surface area contributed by atoms with E-state index in [4.69, 9.17) is 14.6 Å². The molecule has 0 heterocycles. The molecule has 20 heavy (non-hydrogen) atoms. The maximum Gasteiger partial charge on any atom is 0.417 e. The van der Waals surface area contributed by atoms with Crippen LogP contribution >= 0.6 is 0 Å². The lowest BCUT2D eigenvalue weighted by Crippen LogP contribution is -2.34. The molecule has 0 saturated heterocycles. The number of hydrogen-bond donors (Lipinski definition) is 2. The summed E-state index contributed by atoms with van der Waals surface area (Å²) in [4.78, 5) is 0. The van der Waals surface area contributed by atoms with Crippen molar-refractivity contribution < 1.29 is 27.8 Å². The molecule has 7 heteroatoms. The van der Waals surface area contributed by atoms with Gasteiger partial charge in [-0.15, -0.1) is 0 Å². The maximum atomic E-state index is 12.3. The molecule has 0 aliphatic heterocycles. The molecule has 0 aliphatic carbocycles. The lowest BCUT2D eigenvalue weighted by atomic mass is 10.2. The van der Waals surface area contributed by atoms with Gasteiger partial charge in [0.15, 0.2) is 17.6 Å². The summed E-state index contributed by atoms with van der Waals surface area (Å²) in [7, 11) is 1.71. The van der Waals surface area contributed by atoms with E-state index in [0.29, 0.717) is 24.5 Å². The van der Waals surface area contributed by atoms with Gasteiger partial charge in [0.1, 0.15) is 6.61 Å². The fraction of sp³-hybridized carbons (Fsp3) is 0.538. The van der Waals surface area contributed by atoms with Crippen molar-refractivity contribution in [2.24, 2.45) is 0 Å². The normalized spacial score (nSPS) is 13.1. The smallest absolute Gasteiger partial charge is 0.417 e. The second-order valence-corrected chi connectivity index (χ2v) is 4.08. The van der Waals surface area contributed by atoms with Crippen molar-refractivity contribution in [3.05, 3.63) is 23.8 Å². The Bertz CT molecular complexity index is 400. The van der Waals surface area contributed by atoms with Crippen molar-refractivity contribution in [2.75, 3.05) is 20.3 Å². The minimum atomic E-state index is -4.70. The van der Waals surface area contributed by atoms with Crippen LogP contribution in [0.4, 0.5) is 13.2 Å². The van der Waals surface area contributed by atoms with Crippen LogP contribution in [0.25, 0.3) is 0 Å². The van der Waals surface area contributed by atoms with Crippen LogP contribution in [0.15, 0.2) is 18.2 Å². The number of para-hydroxylation sites is 1. The highest BCUT2D eigenvalue weighted by Crippen LogP contribution is 2.32. The monoisotopic (exact) mass is 293 g/mol. The maximum absolute atomic E-state index is 12.3. The first-order valence-electron chi connectivity index (χ1n) is 6.17. The summed E-state index contributed by atoms with van der Waals surface area (Å²) in [6.45, 7) is 1.67. The van der Waals surface area contributed by atoms with Gasteiger partial charge in [-0.2, -0.15) is 13.2 Å². The van der Waals surface area contributed by atoms with Crippen LogP contribution in [0.2, 0.25) is 0 Å². The van der Waals surface area contributed by atoms with E-state index in [0.717, 1.165) is 0 Å². The molecule has 1 rings (SSSR count). The molecule has 0 spiro atoms. The third-order valence-electron chi connectivity index (χ3n) is 2.49. The largest absolute Gasteiger partial charge is 0.490 e. The summed E-state index contributed by atoms with van der Waals surface area (Å²) in [6, 6.07) is 5.05. The van der Waals surface area contributed by atoms with Crippen molar-refractivity contribution >= 4 is 0 Å². The van der Waals surface area contributed by atoms with E-state index >= 15 is 0 Å². The van der Waals surface area contributed by atoms with E-state index < -0.39 is 18.9 Å². The second-order valence-electron chi connectivity index (χ2n) is 4.08. The summed E-state index contributed by atoms with van der Waals surface area (Å²) in [6.07, 6.45) is -7.23. The standard InChI is InChI=1S/C13H18F3NO3/c1-3-19-10-6-4-5-9(7-17-2)12(10)20-8-11(18)13(14,15)16/h4-6,11,17-18H,3,7-8H2,1-2H3. The first-order chi connectivity index (χ1) is 9.40.